The molecule has 0 heterocycles. The first-order valence-electron chi connectivity index (χ1n) is 5.32. The molecule has 9 heteroatoms. The molecule has 108 valence electrons. The van der Waals surface area contributed by atoms with Gasteiger partial charge in [0, 0.05) is 0 Å². The van der Waals surface area contributed by atoms with E-state index in [2.05, 4.69) is 0 Å². The van der Waals surface area contributed by atoms with Crippen molar-refractivity contribution < 1.29 is 18.1 Å². The molecule has 0 spiro atoms. The standard InChI is InChI=1S/C10H13ClF3N3O2/c1-4(2)9(16)6(15)3-5(10(12,13)14)7(11)8(9)17(18)19/h3-4,6H,15-16H2,1-2H3. The molecule has 0 aromatic heterocycles. The normalized spacial score (nSPS) is 28.7. The second-order valence-corrected chi connectivity index (χ2v) is 4.99. The molecule has 1 aliphatic rings. The zero-order valence-electron chi connectivity index (χ0n) is 10.2. The highest BCUT2D eigenvalue weighted by Gasteiger charge is 2.54. The van der Waals surface area contributed by atoms with Crippen LogP contribution in [0.3, 0.4) is 0 Å². The van der Waals surface area contributed by atoms with Gasteiger partial charge in [-0.3, -0.25) is 10.1 Å². The summed E-state index contributed by atoms with van der Waals surface area (Å²) in [5.74, 6) is -0.567. The summed E-state index contributed by atoms with van der Waals surface area (Å²) in [6.45, 7) is 3.06. The molecule has 2 unspecified atom stereocenters. The number of nitro groups is 1. The van der Waals surface area contributed by atoms with Crippen molar-refractivity contribution in [3.63, 3.8) is 0 Å². The van der Waals surface area contributed by atoms with Gasteiger partial charge < -0.3 is 11.5 Å². The van der Waals surface area contributed by atoms with Crippen molar-refractivity contribution in [2.24, 2.45) is 17.4 Å². The minimum atomic E-state index is -4.83. The Morgan fingerprint density at radius 1 is 1.53 bits per heavy atom. The number of alkyl halides is 3. The Labute approximate surface area is 112 Å². The monoisotopic (exact) mass is 299 g/mol. The molecule has 5 nitrogen and oxygen atoms in total. The van der Waals surface area contributed by atoms with Crippen molar-refractivity contribution in [2.75, 3.05) is 0 Å². The molecule has 0 aromatic rings. The molecule has 19 heavy (non-hydrogen) atoms. The van der Waals surface area contributed by atoms with E-state index < -0.39 is 44.9 Å². The summed E-state index contributed by atoms with van der Waals surface area (Å²) >= 11 is 5.54. The van der Waals surface area contributed by atoms with Gasteiger partial charge in [0.2, 0.25) is 0 Å². The van der Waals surface area contributed by atoms with Gasteiger partial charge in [-0.25, -0.2) is 0 Å². The number of nitrogens with zero attached hydrogens (tertiary/aromatic N) is 1. The molecule has 0 amide bonds. The molecule has 1 aliphatic carbocycles. The van der Waals surface area contributed by atoms with Crippen molar-refractivity contribution in [2.45, 2.75) is 31.6 Å². The molecule has 0 fully saturated rings. The van der Waals surface area contributed by atoms with Crippen molar-refractivity contribution >= 4 is 11.6 Å². The quantitative estimate of drug-likeness (QED) is 0.601. The summed E-state index contributed by atoms with van der Waals surface area (Å²) < 4.78 is 38.2. The Morgan fingerprint density at radius 2 is 2.00 bits per heavy atom. The first-order valence-corrected chi connectivity index (χ1v) is 5.70. The van der Waals surface area contributed by atoms with Gasteiger partial charge in [0.1, 0.15) is 10.6 Å². The van der Waals surface area contributed by atoms with Crippen LogP contribution in [0.2, 0.25) is 0 Å². The van der Waals surface area contributed by atoms with Crippen molar-refractivity contribution in [3.8, 4) is 0 Å². The zero-order chi connectivity index (χ0) is 15.2. The first-order chi connectivity index (χ1) is 8.44. The lowest BCUT2D eigenvalue weighted by atomic mass is 9.74. The number of nitrogens with two attached hydrogens (primary N) is 2. The molecule has 1 rings (SSSR count). The fraction of sp³-hybridized carbons (Fsp3) is 0.600. The molecular formula is C10H13ClF3N3O2. The summed E-state index contributed by atoms with van der Waals surface area (Å²) in [7, 11) is 0. The lowest BCUT2D eigenvalue weighted by Gasteiger charge is -2.38. The fourth-order valence-corrected chi connectivity index (χ4v) is 2.38. The van der Waals surface area contributed by atoms with Gasteiger partial charge in [0.25, 0.3) is 5.70 Å². The molecule has 0 radical (unpaired) electrons. The topological polar surface area (TPSA) is 95.2 Å². The Balaban J connectivity index is 3.58. The highest BCUT2D eigenvalue weighted by atomic mass is 35.5. The third-order valence-electron chi connectivity index (χ3n) is 3.20. The van der Waals surface area contributed by atoms with Crippen LogP contribution in [-0.4, -0.2) is 22.7 Å². The van der Waals surface area contributed by atoms with Gasteiger partial charge in [0.05, 0.1) is 16.5 Å². The van der Waals surface area contributed by atoms with E-state index in [0.29, 0.717) is 6.08 Å². The lowest BCUT2D eigenvalue weighted by molar-refractivity contribution is -0.437. The van der Waals surface area contributed by atoms with E-state index in [0.717, 1.165) is 0 Å². The minimum Gasteiger partial charge on any atom is -0.322 e. The van der Waals surface area contributed by atoms with Crippen LogP contribution in [0.1, 0.15) is 13.8 Å². The summed E-state index contributed by atoms with van der Waals surface area (Å²) in [5, 5.41) is 10.0. The fourth-order valence-electron chi connectivity index (χ4n) is 1.98. The second-order valence-electron chi connectivity index (χ2n) is 4.61. The molecular weight excluding hydrogens is 287 g/mol. The molecule has 0 saturated carbocycles. The Bertz CT molecular complexity index is 473. The molecule has 0 aliphatic heterocycles. The van der Waals surface area contributed by atoms with E-state index in [4.69, 9.17) is 23.1 Å². The van der Waals surface area contributed by atoms with Crippen LogP contribution in [0.5, 0.6) is 0 Å². The van der Waals surface area contributed by atoms with Crippen LogP contribution in [-0.2, 0) is 0 Å². The predicted molar refractivity (Wildman–Crippen MR) is 63.7 cm³/mol. The maximum atomic E-state index is 12.7. The van der Waals surface area contributed by atoms with Crippen LogP contribution in [0.15, 0.2) is 22.4 Å². The van der Waals surface area contributed by atoms with Crippen molar-refractivity contribution in [1.29, 1.82) is 0 Å². The van der Waals surface area contributed by atoms with Crippen LogP contribution >= 0.6 is 11.6 Å². The van der Waals surface area contributed by atoms with E-state index in [-0.39, 0.29) is 0 Å². The van der Waals surface area contributed by atoms with Gasteiger partial charge in [-0.15, -0.1) is 0 Å². The van der Waals surface area contributed by atoms with Gasteiger partial charge in [-0.05, 0) is 5.92 Å². The Morgan fingerprint density at radius 3 is 2.32 bits per heavy atom. The maximum Gasteiger partial charge on any atom is 0.417 e. The number of halogens is 4. The average Bonchev–Trinajstić information content (AvgIpc) is 2.21. The first kappa shape index (κ1) is 15.9. The lowest BCUT2D eigenvalue weighted by Crippen LogP contribution is -2.62. The van der Waals surface area contributed by atoms with E-state index in [1.54, 1.807) is 0 Å². The Kier molecular flexibility index (Phi) is 4.00. The highest BCUT2D eigenvalue weighted by molar-refractivity contribution is 6.32. The molecule has 0 aromatic carbocycles. The second kappa shape index (κ2) is 4.77. The SMILES string of the molecule is CC(C)C1(N)C([N+](=O)[O-])=C(Cl)C(C(F)(F)F)=CC1N. The number of hydrogen-bond acceptors (Lipinski definition) is 4. The number of hydrogen-bond donors (Lipinski definition) is 2. The molecule has 4 N–H and O–H groups in total. The van der Waals surface area contributed by atoms with Crippen LogP contribution in [0.4, 0.5) is 13.2 Å². The van der Waals surface area contributed by atoms with E-state index in [9.17, 15) is 23.3 Å². The highest BCUT2D eigenvalue weighted by Crippen LogP contribution is 2.43. The Hall–Kier alpha value is -1.12. The maximum absolute atomic E-state index is 12.7. The average molecular weight is 300 g/mol. The molecule has 0 saturated heterocycles. The van der Waals surface area contributed by atoms with Crippen molar-refractivity contribution in [1.82, 2.24) is 0 Å². The van der Waals surface area contributed by atoms with Crippen molar-refractivity contribution in [3.05, 3.63) is 32.5 Å². The zero-order valence-corrected chi connectivity index (χ0v) is 10.9. The minimum absolute atomic E-state index is 0.567. The molecule has 0 bridgehead atoms. The van der Waals surface area contributed by atoms with Gasteiger partial charge >= 0.3 is 6.18 Å². The number of allylic oxidation sites excluding steroid dienone is 2. The summed E-state index contributed by atoms with van der Waals surface area (Å²) in [4.78, 5) is 10.0. The largest absolute Gasteiger partial charge is 0.417 e. The van der Waals surface area contributed by atoms with Crippen LogP contribution in [0.25, 0.3) is 0 Å². The smallest absolute Gasteiger partial charge is 0.322 e. The third kappa shape index (κ3) is 2.47. The summed E-state index contributed by atoms with van der Waals surface area (Å²) in [6.07, 6.45) is -4.19. The number of rotatable bonds is 2. The van der Waals surface area contributed by atoms with E-state index in [1.165, 1.54) is 13.8 Å². The predicted octanol–water partition coefficient (Wildman–Crippen LogP) is 1.90. The van der Waals surface area contributed by atoms with E-state index >= 15 is 0 Å². The van der Waals surface area contributed by atoms with Gasteiger partial charge in [0.15, 0.2) is 0 Å². The van der Waals surface area contributed by atoms with Gasteiger partial charge in [-0.1, -0.05) is 31.5 Å². The summed E-state index contributed by atoms with van der Waals surface area (Å²) in [6, 6.07) is -1.35. The van der Waals surface area contributed by atoms with Crippen LogP contribution in [0, 0.1) is 16.0 Å². The van der Waals surface area contributed by atoms with Gasteiger partial charge in [-0.2, -0.15) is 13.2 Å². The third-order valence-corrected chi connectivity index (χ3v) is 3.58. The van der Waals surface area contributed by atoms with Crippen LogP contribution < -0.4 is 11.5 Å². The summed E-state index contributed by atoms with van der Waals surface area (Å²) in [5.41, 5.74) is 7.48. The molecule has 2 atom stereocenters. The van der Waals surface area contributed by atoms with E-state index in [1.807, 2.05) is 0 Å².